The van der Waals surface area contributed by atoms with Crippen LogP contribution < -0.4 is 15.2 Å². The predicted octanol–water partition coefficient (Wildman–Crippen LogP) is 3.03. The van der Waals surface area contributed by atoms with E-state index in [1.165, 1.54) is 4.31 Å². The van der Waals surface area contributed by atoms with E-state index in [9.17, 15) is 13.2 Å². The van der Waals surface area contributed by atoms with E-state index >= 15 is 0 Å². The van der Waals surface area contributed by atoms with E-state index in [1.807, 2.05) is 37.3 Å². The molecule has 0 radical (unpaired) electrons. The molecule has 0 saturated carbocycles. The molecule has 192 valence electrons. The first-order chi connectivity index (χ1) is 17.4. The first kappa shape index (κ1) is 24.9. The van der Waals surface area contributed by atoms with Gasteiger partial charge in [0, 0.05) is 36.4 Å². The summed E-state index contributed by atoms with van der Waals surface area (Å²) in [6.45, 7) is 6.23. The molecule has 2 aliphatic heterocycles. The van der Waals surface area contributed by atoms with Crippen LogP contribution in [0.4, 0.5) is 5.95 Å². The van der Waals surface area contributed by atoms with Crippen LogP contribution in [0.15, 0.2) is 41.3 Å². The van der Waals surface area contributed by atoms with Gasteiger partial charge in [-0.3, -0.25) is 9.36 Å². The molecular weight excluding hydrogens is 478 g/mol. The van der Waals surface area contributed by atoms with Crippen molar-refractivity contribution < 1.29 is 13.2 Å². The maximum Gasteiger partial charge on any atom is 0.260 e. The number of pyridine rings is 1. The normalized spacial score (nSPS) is 17.9. The minimum Gasteiger partial charge on any atom is -0.381 e. The molecule has 0 spiro atoms. The molecule has 2 aliphatic rings. The topological polar surface area (TPSA) is 106 Å². The van der Waals surface area contributed by atoms with Crippen LogP contribution in [-0.4, -0.2) is 61.1 Å². The number of aromatic nitrogens is 3. The molecule has 0 amide bonds. The Morgan fingerprint density at radius 2 is 1.83 bits per heavy atom. The number of nitrogens with one attached hydrogen (secondary N) is 1. The summed E-state index contributed by atoms with van der Waals surface area (Å²) in [6.07, 6.45) is 4.40. The Morgan fingerprint density at radius 3 is 2.53 bits per heavy atom. The summed E-state index contributed by atoms with van der Waals surface area (Å²) in [7, 11) is -3.61. The fourth-order valence-corrected chi connectivity index (χ4v) is 6.54. The molecule has 0 atom stereocenters. The molecule has 2 fully saturated rings. The maximum absolute atomic E-state index is 14.0. The highest BCUT2D eigenvalue weighted by Gasteiger charge is 2.33. The second-order valence-corrected chi connectivity index (χ2v) is 11.7. The second-order valence-electron chi connectivity index (χ2n) is 9.52. The molecule has 9 nitrogen and oxygen atoms in total. The lowest BCUT2D eigenvalue weighted by Crippen LogP contribution is -2.47. The van der Waals surface area contributed by atoms with Crippen molar-refractivity contribution in [3.05, 3.63) is 52.4 Å². The molecule has 1 aromatic carbocycles. The number of hydrogen-bond donors (Lipinski definition) is 1. The molecule has 0 aliphatic carbocycles. The van der Waals surface area contributed by atoms with Gasteiger partial charge in [0.25, 0.3) is 5.56 Å². The van der Waals surface area contributed by atoms with Crippen molar-refractivity contribution in [3.63, 3.8) is 0 Å². The fraction of sp³-hybridized carbons (Fsp3) is 0.500. The number of ether oxygens (including phenoxy) is 1. The quantitative estimate of drug-likeness (QED) is 0.542. The first-order valence-corrected chi connectivity index (χ1v) is 14.3. The largest absolute Gasteiger partial charge is 0.381 e. The van der Waals surface area contributed by atoms with Crippen molar-refractivity contribution in [2.45, 2.75) is 51.6 Å². The van der Waals surface area contributed by atoms with Gasteiger partial charge in [0.2, 0.25) is 16.0 Å². The number of fused-ring (bicyclic) bond motifs is 1. The van der Waals surface area contributed by atoms with Gasteiger partial charge in [-0.05, 0) is 69.8 Å². The number of benzene rings is 1. The number of sulfonamides is 1. The Kier molecular flexibility index (Phi) is 7.09. The monoisotopic (exact) mass is 511 g/mol. The van der Waals surface area contributed by atoms with E-state index < -0.39 is 10.0 Å². The minimum atomic E-state index is -3.61. The third kappa shape index (κ3) is 4.65. The van der Waals surface area contributed by atoms with Crippen LogP contribution in [0.2, 0.25) is 0 Å². The summed E-state index contributed by atoms with van der Waals surface area (Å²) < 4.78 is 35.1. The average Bonchev–Trinajstić information content (AvgIpc) is 2.90. The van der Waals surface area contributed by atoms with Crippen LogP contribution >= 0.6 is 0 Å². The highest BCUT2D eigenvalue weighted by molar-refractivity contribution is 7.92. The van der Waals surface area contributed by atoms with Crippen LogP contribution in [0.1, 0.15) is 44.2 Å². The third-order valence-corrected chi connectivity index (χ3v) is 9.04. The van der Waals surface area contributed by atoms with Gasteiger partial charge < -0.3 is 10.1 Å². The van der Waals surface area contributed by atoms with Crippen LogP contribution in [0.25, 0.3) is 22.2 Å². The molecule has 0 unspecified atom stereocenters. The lowest BCUT2D eigenvalue weighted by Gasteiger charge is -2.33. The maximum atomic E-state index is 14.0. The Labute approximate surface area is 211 Å². The smallest absolute Gasteiger partial charge is 0.260 e. The van der Waals surface area contributed by atoms with Gasteiger partial charge in [0.15, 0.2) is 0 Å². The van der Waals surface area contributed by atoms with Crippen molar-refractivity contribution in [2.24, 2.45) is 0 Å². The number of hydrogen-bond acceptors (Lipinski definition) is 7. The summed E-state index contributed by atoms with van der Waals surface area (Å²) in [5.41, 5.74) is 2.83. The molecule has 2 aromatic heterocycles. The van der Waals surface area contributed by atoms with E-state index in [4.69, 9.17) is 9.72 Å². The number of piperidine rings is 1. The van der Waals surface area contributed by atoms with Crippen molar-refractivity contribution in [2.75, 3.05) is 36.4 Å². The molecule has 10 heteroatoms. The van der Waals surface area contributed by atoms with Gasteiger partial charge in [0.1, 0.15) is 5.65 Å². The van der Waals surface area contributed by atoms with Crippen LogP contribution in [0, 0.1) is 6.92 Å². The zero-order valence-electron chi connectivity index (χ0n) is 20.8. The summed E-state index contributed by atoms with van der Waals surface area (Å²) in [5, 5.41) is 4.00. The van der Waals surface area contributed by atoms with Gasteiger partial charge in [-0.1, -0.05) is 24.3 Å². The van der Waals surface area contributed by atoms with Crippen LogP contribution in [0.5, 0.6) is 0 Å². The van der Waals surface area contributed by atoms with E-state index in [1.54, 1.807) is 17.7 Å². The Balaban J connectivity index is 1.73. The highest BCUT2D eigenvalue weighted by atomic mass is 32.2. The molecule has 0 bridgehead atoms. The predicted molar refractivity (Wildman–Crippen MR) is 141 cm³/mol. The minimum absolute atomic E-state index is 0.0443. The van der Waals surface area contributed by atoms with Crippen molar-refractivity contribution in [3.8, 4) is 11.1 Å². The van der Waals surface area contributed by atoms with Crippen molar-refractivity contribution in [1.82, 2.24) is 19.9 Å². The molecule has 36 heavy (non-hydrogen) atoms. The third-order valence-electron chi connectivity index (χ3n) is 7.25. The first-order valence-electron chi connectivity index (χ1n) is 12.7. The Bertz CT molecular complexity index is 1410. The van der Waals surface area contributed by atoms with E-state index in [-0.39, 0.29) is 29.3 Å². The molecular formula is C26H33N5O4S. The highest BCUT2D eigenvalue weighted by Crippen LogP contribution is 2.30. The zero-order chi connectivity index (χ0) is 25.3. The Morgan fingerprint density at radius 1 is 1.11 bits per heavy atom. The molecule has 3 aromatic rings. The average molecular weight is 512 g/mol. The fourth-order valence-electron chi connectivity index (χ4n) is 5.26. The summed E-state index contributed by atoms with van der Waals surface area (Å²) in [6, 6.07) is 9.35. The second kappa shape index (κ2) is 10.3. The van der Waals surface area contributed by atoms with Gasteiger partial charge in [0.05, 0.1) is 11.8 Å². The van der Waals surface area contributed by atoms with Gasteiger partial charge >= 0.3 is 0 Å². The zero-order valence-corrected chi connectivity index (χ0v) is 21.6. The lowest BCUT2D eigenvalue weighted by molar-refractivity contribution is 0.0697. The lowest BCUT2D eigenvalue weighted by atomic mass is 10.00. The van der Waals surface area contributed by atoms with Crippen LogP contribution in [0.3, 0.4) is 0 Å². The van der Waals surface area contributed by atoms with Gasteiger partial charge in [-0.15, -0.1) is 0 Å². The number of anilines is 1. The van der Waals surface area contributed by atoms with Crippen molar-refractivity contribution >= 4 is 27.0 Å². The molecule has 1 N–H and O–H groups in total. The van der Waals surface area contributed by atoms with E-state index in [0.29, 0.717) is 55.5 Å². The number of aryl methyl sites for hydroxylation is 1. The van der Waals surface area contributed by atoms with E-state index in [0.717, 1.165) is 24.2 Å². The number of rotatable bonds is 6. The molecule has 2 saturated heterocycles. The molecule has 4 heterocycles. The van der Waals surface area contributed by atoms with Gasteiger partial charge in [-0.2, -0.15) is 4.98 Å². The number of nitrogens with zero attached hydrogens (tertiary/aromatic N) is 4. The van der Waals surface area contributed by atoms with Gasteiger partial charge in [-0.25, -0.2) is 17.7 Å². The SMILES string of the molecule is CCS(=O)(=O)N(c1ncc2cc(-c3ccccc3C)c(=O)n(C3CCOCC3)c2n1)C1CCNCC1. The van der Waals surface area contributed by atoms with Crippen molar-refractivity contribution in [1.29, 1.82) is 0 Å². The van der Waals surface area contributed by atoms with E-state index in [2.05, 4.69) is 10.3 Å². The summed E-state index contributed by atoms with van der Waals surface area (Å²) >= 11 is 0. The summed E-state index contributed by atoms with van der Waals surface area (Å²) in [5.74, 6) is 0.0947. The summed E-state index contributed by atoms with van der Waals surface area (Å²) in [4.78, 5) is 23.3. The standard InChI is InChI=1S/C26H33N5O4S/c1-3-36(33,34)31(21-8-12-27-13-9-21)26-28-17-19-16-23(22-7-5-4-6-18(22)2)25(32)30(24(19)29-26)20-10-14-35-15-11-20/h4-7,16-17,20-21,27H,3,8-15H2,1-2H3. The van der Waals surface area contributed by atoms with Crippen LogP contribution in [-0.2, 0) is 14.8 Å². The molecule has 5 rings (SSSR count). The Hall–Kier alpha value is -2.82.